The molecule has 218 valence electrons. The van der Waals surface area contributed by atoms with Gasteiger partial charge in [-0.25, -0.2) is 0 Å². The first-order chi connectivity index (χ1) is 20.2. The summed E-state index contributed by atoms with van der Waals surface area (Å²) in [4.78, 5) is 47.8. The quantitative estimate of drug-likeness (QED) is 0.151. The van der Waals surface area contributed by atoms with Gasteiger partial charge in [-0.05, 0) is 40.7 Å². The first-order valence-electron chi connectivity index (χ1n) is 13.7. The van der Waals surface area contributed by atoms with Crippen LogP contribution in [0.2, 0.25) is 0 Å². The number of carbonyl (C=O) groups excluding carboxylic acids is 1. The van der Waals surface area contributed by atoms with Gasteiger partial charge in [-0.15, -0.1) is 0 Å². The Morgan fingerprint density at radius 3 is 1.74 bits per heavy atom. The lowest BCUT2D eigenvalue weighted by atomic mass is 9.98. The standard InChI is InChI=1S/C33H35N2O6P/c36-32(37)20-21-34-33(38)30(22-26-16-18-29(19-17-26)28-14-8-3-9-15-28)35(24-27-12-6-2-7-13-27)31(42(39,40)41)23-25-10-4-1-5-11-25/h1-19,30-31H,20-24H2,(H,34,38)(H,36,37)(H2,39,40,41)/t30-,31?/m0/s1. The number of aliphatic carboxylic acids is 1. The van der Waals surface area contributed by atoms with Gasteiger partial charge in [0, 0.05) is 13.1 Å². The molecule has 0 aromatic heterocycles. The molecule has 4 aromatic rings. The molecule has 9 heteroatoms. The molecule has 0 bridgehead atoms. The molecule has 1 unspecified atom stereocenters. The number of carboxylic acids is 1. The van der Waals surface area contributed by atoms with E-state index < -0.39 is 31.3 Å². The van der Waals surface area contributed by atoms with Crippen LogP contribution in [0.1, 0.15) is 23.1 Å². The summed E-state index contributed by atoms with van der Waals surface area (Å²) in [6.45, 7) is -0.00137. The summed E-state index contributed by atoms with van der Waals surface area (Å²) in [5, 5.41) is 11.8. The molecule has 0 saturated heterocycles. The molecule has 0 saturated carbocycles. The third-order valence-electron chi connectivity index (χ3n) is 7.07. The maximum atomic E-state index is 13.7. The number of hydrogen-bond donors (Lipinski definition) is 4. The Balaban J connectivity index is 1.73. The Hall–Kier alpha value is -4.07. The largest absolute Gasteiger partial charge is 0.481 e. The van der Waals surface area contributed by atoms with Crippen LogP contribution in [-0.2, 0) is 33.5 Å². The molecule has 0 fully saturated rings. The minimum atomic E-state index is -4.77. The lowest BCUT2D eigenvalue weighted by Crippen LogP contribution is -2.52. The molecule has 0 heterocycles. The van der Waals surface area contributed by atoms with Gasteiger partial charge < -0.3 is 20.2 Å². The van der Waals surface area contributed by atoms with Crippen LogP contribution < -0.4 is 5.32 Å². The molecule has 42 heavy (non-hydrogen) atoms. The minimum Gasteiger partial charge on any atom is -0.481 e. The van der Waals surface area contributed by atoms with Crippen molar-refractivity contribution in [2.75, 3.05) is 6.54 Å². The number of rotatable bonds is 14. The minimum absolute atomic E-state index is 0.0177. The second kappa shape index (κ2) is 14.7. The number of amides is 1. The van der Waals surface area contributed by atoms with Crippen LogP contribution in [0, 0.1) is 0 Å². The van der Waals surface area contributed by atoms with Crippen LogP contribution in [0.4, 0.5) is 0 Å². The van der Waals surface area contributed by atoms with Crippen LogP contribution in [0.5, 0.6) is 0 Å². The average molecular weight is 587 g/mol. The zero-order valence-corrected chi connectivity index (χ0v) is 24.0. The number of carboxylic acid groups (broad SMARTS) is 1. The molecule has 0 aliphatic heterocycles. The van der Waals surface area contributed by atoms with Gasteiger partial charge in [-0.1, -0.05) is 115 Å². The molecule has 0 radical (unpaired) electrons. The SMILES string of the molecule is O=C(O)CCNC(=O)[C@H](Cc1ccc(-c2ccccc2)cc1)N(Cc1ccccc1)C(Cc1ccccc1)P(=O)(O)O. The van der Waals surface area contributed by atoms with Crippen molar-refractivity contribution in [3.05, 3.63) is 132 Å². The molecule has 0 spiro atoms. The fourth-order valence-electron chi connectivity index (χ4n) is 4.93. The van der Waals surface area contributed by atoms with E-state index in [1.54, 1.807) is 29.2 Å². The van der Waals surface area contributed by atoms with E-state index in [0.29, 0.717) is 0 Å². The molecule has 0 aliphatic carbocycles. The van der Waals surface area contributed by atoms with E-state index in [1.165, 1.54) is 0 Å². The highest BCUT2D eigenvalue weighted by Crippen LogP contribution is 2.46. The van der Waals surface area contributed by atoms with E-state index in [1.807, 2.05) is 91.0 Å². The number of nitrogens with zero attached hydrogens (tertiary/aromatic N) is 1. The van der Waals surface area contributed by atoms with Crippen molar-refractivity contribution < 1.29 is 29.0 Å². The predicted molar refractivity (Wildman–Crippen MR) is 163 cm³/mol. The normalized spacial score (nSPS) is 12.9. The first-order valence-corrected chi connectivity index (χ1v) is 15.4. The van der Waals surface area contributed by atoms with Crippen LogP contribution in [0.25, 0.3) is 11.1 Å². The maximum absolute atomic E-state index is 13.7. The summed E-state index contributed by atoms with van der Waals surface area (Å²) in [5.41, 5.74) is 4.35. The molecule has 4 rings (SSSR count). The molecule has 4 aromatic carbocycles. The zero-order chi connectivity index (χ0) is 30.0. The lowest BCUT2D eigenvalue weighted by Gasteiger charge is -2.38. The fourth-order valence-corrected chi connectivity index (χ4v) is 6.01. The summed E-state index contributed by atoms with van der Waals surface area (Å²) in [7, 11) is -4.77. The fraction of sp³-hybridized carbons (Fsp3) is 0.212. The van der Waals surface area contributed by atoms with E-state index in [2.05, 4.69) is 5.32 Å². The van der Waals surface area contributed by atoms with Crippen molar-refractivity contribution in [2.45, 2.75) is 37.6 Å². The van der Waals surface area contributed by atoms with Crippen LogP contribution in [-0.4, -0.2) is 50.0 Å². The third kappa shape index (κ3) is 8.96. The average Bonchev–Trinajstić information content (AvgIpc) is 2.99. The topological polar surface area (TPSA) is 127 Å². The van der Waals surface area contributed by atoms with Crippen molar-refractivity contribution in [1.82, 2.24) is 10.2 Å². The highest BCUT2D eigenvalue weighted by molar-refractivity contribution is 7.52. The molecule has 8 nitrogen and oxygen atoms in total. The second-order valence-corrected chi connectivity index (χ2v) is 11.9. The van der Waals surface area contributed by atoms with Crippen molar-refractivity contribution >= 4 is 19.5 Å². The monoisotopic (exact) mass is 586 g/mol. The van der Waals surface area contributed by atoms with E-state index in [0.717, 1.165) is 27.8 Å². The van der Waals surface area contributed by atoms with Gasteiger partial charge >= 0.3 is 13.6 Å². The first kappa shape index (κ1) is 30.9. The number of carbonyl (C=O) groups is 2. The third-order valence-corrected chi connectivity index (χ3v) is 8.33. The van der Waals surface area contributed by atoms with Crippen molar-refractivity contribution in [3.8, 4) is 11.1 Å². The van der Waals surface area contributed by atoms with Gasteiger partial charge in [0.2, 0.25) is 5.91 Å². The van der Waals surface area contributed by atoms with Gasteiger partial charge in [0.25, 0.3) is 0 Å². The van der Waals surface area contributed by atoms with E-state index in [4.69, 9.17) is 5.11 Å². The molecule has 2 atom stereocenters. The highest BCUT2D eigenvalue weighted by atomic mass is 31.2. The van der Waals surface area contributed by atoms with Gasteiger partial charge in [0.1, 0.15) is 5.78 Å². The second-order valence-electron chi connectivity index (χ2n) is 10.1. The zero-order valence-electron chi connectivity index (χ0n) is 23.1. The number of benzene rings is 4. The van der Waals surface area contributed by atoms with Crippen LogP contribution in [0.3, 0.4) is 0 Å². The van der Waals surface area contributed by atoms with Crippen molar-refractivity contribution in [1.29, 1.82) is 0 Å². The molecular weight excluding hydrogens is 551 g/mol. The predicted octanol–water partition coefficient (Wildman–Crippen LogP) is 5.10. The molecule has 0 aliphatic rings. The number of nitrogens with one attached hydrogen (secondary N) is 1. The van der Waals surface area contributed by atoms with Crippen LogP contribution in [0.15, 0.2) is 115 Å². The summed E-state index contributed by atoms with van der Waals surface area (Å²) < 4.78 is 13.1. The van der Waals surface area contributed by atoms with Gasteiger partial charge in [-0.2, -0.15) is 0 Å². The van der Waals surface area contributed by atoms with Gasteiger partial charge in [0.05, 0.1) is 12.5 Å². The summed E-state index contributed by atoms with van der Waals surface area (Å²) >= 11 is 0. The Labute approximate surface area is 245 Å². The Morgan fingerprint density at radius 2 is 1.19 bits per heavy atom. The molecule has 4 N–H and O–H groups in total. The van der Waals surface area contributed by atoms with E-state index >= 15 is 0 Å². The summed E-state index contributed by atoms with van der Waals surface area (Å²) in [5.74, 6) is -2.86. The van der Waals surface area contributed by atoms with E-state index in [-0.39, 0.29) is 32.4 Å². The van der Waals surface area contributed by atoms with Crippen molar-refractivity contribution in [2.24, 2.45) is 0 Å². The molecular formula is C33H35N2O6P. The smallest absolute Gasteiger partial charge is 0.342 e. The Bertz CT molecular complexity index is 1480. The van der Waals surface area contributed by atoms with Gasteiger partial charge in [-0.3, -0.25) is 19.1 Å². The highest BCUT2D eigenvalue weighted by Gasteiger charge is 2.40. The van der Waals surface area contributed by atoms with Gasteiger partial charge in [0.15, 0.2) is 0 Å². The van der Waals surface area contributed by atoms with Crippen molar-refractivity contribution in [3.63, 3.8) is 0 Å². The summed E-state index contributed by atoms with van der Waals surface area (Å²) in [6, 6.07) is 34.8. The Morgan fingerprint density at radius 1 is 0.690 bits per heavy atom. The Kier molecular flexibility index (Phi) is 10.8. The van der Waals surface area contributed by atoms with E-state index in [9.17, 15) is 23.9 Å². The maximum Gasteiger partial charge on any atom is 0.342 e. The molecule has 1 amide bonds. The lowest BCUT2D eigenvalue weighted by molar-refractivity contribution is -0.137. The summed E-state index contributed by atoms with van der Waals surface area (Å²) in [6.07, 6.45) is -0.0925. The van der Waals surface area contributed by atoms with Crippen LogP contribution >= 0.6 is 7.60 Å². The number of hydrogen-bond acceptors (Lipinski definition) is 4.